The molecule has 0 bridgehead atoms. The summed E-state index contributed by atoms with van der Waals surface area (Å²) < 4.78 is 34.5. The quantitative estimate of drug-likeness (QED) is 0.534. The predicted octanol–water partition coefficient (Wildman–Crippen LogP) is 4.52. The SMILES string of the molecule is CCOP(=O)(OCC)[C@@H](NC(=O)c1ccccc1F)C(Cl)(Cl)Cl. The van der Waals surface area contributed by atoms with Crippen LogP contribution in [0.1, 0.15) is 24.2 Å². The van der Waals surface area contributed by atoms with Crippen LogP contribution in [0.15, 0.2) is 24.3 Å². The first kappa shape index (κ1) is 20.7. The molecule has 0 aromatic heterocycles. The Morgan fingerprint density at radius 2 is 1.78 bits per heavy atom. The molecule has 0 heterocycles. The van der Waals surface area contributed by atoms with Crippen molar-refractivity contribution in [3.8, 4) is 0 Å². The second-order valence-corrected chi connectivity index (χ2v) is 8.75. The Bertz CT molecular complexity index is 587. The summed E-state index contributed by atoms with van der Waals surface area (Å²) in [6, 6.07) is 5.23. The fourth-order valence-electron chi connectivity index (χ4n) is 1.73. The van der Waals surface area contributed by atoms with Crippen LogP contribution in [0.5, 0.6) is 0 Å². The minimum atomic E-state index is -3.99. The summed E-state index contributed by atoms with van der Waals surface area (Å²) in [4.78, 5) is 12.2. The molecule has 23 heavy (non-hydrogen) atoms. The van der Waals surface area contributed by atoms with Gasteiger partial charge in [-0.15, -0.1) is 0 Å². The van der Waals surface area contributed by atoms with E-state index in [0.717, 1.165) is 6.07 Å². The number of hydrogen-bond donors (Lipinski definition) is 1. The van der Waals surface area contributed by atoms with Gasteiger partial charge in [-0.25, -0.2) is 4.39 Å². The van der Waals surface area contributed by atoms with Crippen LogP contribution in [0.2, 0.25) is 0 Å². The second kappa shape index (κ2) is 8.65. The van der Waals surface area contributed by atoms with Crippen molar-refractivity contribution in [1.29, 1.82) is 0 Å². The minimum absolute atomic E-state index is 0.00406. The molecule has 0 unspecified atom stereocenters. The molecular weight excluding hydrogens is 390 g/mol. The molecule has 1 amide bonds. The van der Waals surface area contributed by atoms with Gasteiger partial charge in [0.15, 0.2) is 5.78 Å². The number of carbonyl (C=O) groups excluding carboxylic acids is 1. The fraction of sp³-hybridized carbons (Fsp3) is 0.462. The van der Waals surface area contributed by atoms with Crippen molar-refractivity contribution in [2.24, 2.45) is 0 Å². The molecule has 5 nitrogen and oxygen atoms in total. The first-order valence-electron chi connectivity index (χ1n) is 6.66. The molecule has 1 aromatic carbocycles. The van der Waals surface area contributed by atoms with E-state index in [9.17, 15) is 13.8 Å². The third kappa shape index (κ3) is 5.59. The van der Waals surface area contributed by atoms with Crippen molar-refractivity contribution in [1.82, 2.24) is 5.32 Å². The number of rotatable bonds is 7. The highest BCUT2D eigenvalue weighted by Crippen LogP contribution is 2.58. The maximum atomic E-state index is 13.7. The van der Waals surface area contributed by atoms with Crippen LogP contribution in [0.25, 0.3) is 0 Å². The van der Waals surface area contributed by atoms with Gasteiger partial charge in [0.2, 0.25) is 3.79 Å². The van der Waals surface area contributed by atoms with Gasteiger partial charge in [-0.05, 0) is 26.0 Å². The smallest absolute Gasteiger partial charge is 0.334 e. The van der Waals surface area contributed by atoms with Crippen molar-refractivity contribution >= 4 is 48.3 Å². The Kier molecular flexibility index (Phi) is 7.78. The molecule has 0 aliphatic heterocycles. The molecular formula is C13H16Cl3FNO4P. The predicted molar refractivity (Wildman–Crippen MR) is 88.8 cm³/mol. The zero-order valence-corrected chi connectivity index (χ0v) is 15.6. The Hall–Kier alpha value is -0.360. The average molecular weight is 407 g/mol. The van der Waals surface area contributed by atoms with Crippen LogP contribution in [-0.2, 0) is 13.6 Å². The van der Waals surface area contributed by atoms with E-state index in [2.05, 4.69) is 5.32 Å². The lowest BCUT2D eigenvalue weighted by molar-refractivity contribution is 0.0934. The van der Waals surface area contributed by atoms with Gasteiger partial charge >= 0.3 is 7.60 Å². The van der Waals surface area contributed by atoms with E-state index in [-0.39, 0.29) is 18.8 Å². The molecule has 1 N–H and O–H groups in total. The summed E-state index contributed by atoms with van der Waals surface area (Å²) in [7, 11) is -3.99. The van der Waals surface area contributed by atoms with Gasteiger partial charge in [-0.2, -0.15) is 0 Å². The minimum Gasteiger partial charge on any atom is -0.334 e. The first-order chi connectivity index (χ1) is 10.7. The molecule has 0 aliphatic rings. The molecule has 0 fully saturated rings. The third-order valence-corrected chi connectivity index (χ3v) is 6.13. The van der Waals surface area contributed by atoms with Gasteiger partial charge in [-0.1, -0.05) is 46.9 Å². The molecule has 10 heteroatoms. The van der Waals surface area contributed by atoms with Crippen molar-refractivity contribution < 1.29 is 22.8 Å². The molecule has 130 valence electrons. The van der Waals surface area contributed by atoms with Crippen LogP contribution in [0.3, 0.4) is 0 Å². The Labute approximate surface area is 148 Å². The van der Waals surface area contributed by atoms with Crippen LogP contribution in [0.4, 0.5) is 4.39 Å². The number of hydrogen-bond acceptors (Lipinski definition) is 4. The molecule has 0 saturated heterocycles. The Morgan fingerprint density at radius 3 is 2.22 bits per heavy atom. The lowest BCUT2D eigenvalue weighted by atomic mass is 10.2. The summed E-state index contributed by atoms with van der Waals surface area (Å²) in [6.07, 6.45) is 0. The monoisotopic (exact) mass is 405 g/mol. The summed E-state index contributed by atoms with van der Waals surface area (Å²) in [5.74, 6) is -3.28. The molecule has 0 saturated carbocycles. The highest BCUT2D eigenvalue weighted by Gasteiger charge is 2.49. The first-order valence-corrected chi connectivity index (χ1v) is 9.41. The number of alkyl halides is 3. The van der Waals surface area contributed by atoms with Gasteiger partial charge in [0.25, 0.3) is 5.91 Å². The van der Waals surface area contributed by atoms with E-state index in [1.165, 1.54) is 18.2 Å². The zero-order chi connectivity index (χ0) is 17.7. The van der Waals surface area contributed by atoms with Gasteiger partial charge in [-0.3, -0.25) is 9.36 Å². The summed E-state index contributed by atoms with van der Waals surface area (Å²) in [5.41, 5.74) is -0.286. The van der Waals surface area contributed by atoms with Gasteiger partial charge in [0.1, 0.15) is 5.82 Å². The highest BCUT2D eigenvalue weighted by atomic mass is 35.6. The Balaban J connectivity index is 3.16. The highest BCUT2D eigenvalue weighted by molar-refractivity contribution is 7.55. The topological polar surface area (TPSA) is 64.6 Å². The molecule has 1 atom stereocenters. The second-order valence-electron chi connectivity index (χ2n) is 4.27. The fourth-order valence-corrected chi connectivity index (χ4v) is 4.70. The lowest BCUT2D eigenvalue weighted by Crippen LogP contribution is -2.44. The molecule has 0 spiro atoms. The van der Waals surface area contributed by atoms with Gasteiger partial charge in [0.05, 0.1) is 18.8 Å². The van der Waals surface area contributed by atoms with Crippen molar-refractivity contribution in [3.63, 3.8) is 0 Å². The van der Waals surface area contributed by atoms with Crippen LogP contribution in [0, 0.1) is 5.82 Å². The van der Waals surface area contributed by atoms with Crippen molar-refractivity contribution in [2.75, 3.05) is 13.2 Å². The van der Waals surface area contributed by atoms with E-state index >= 15 is 0 Å². The van der Waals surface area contributed by atoms with Crippen LogP contribution < -0.4 is 5.32 Å². The maximum absolute atomic E-state index is 13.7. The molecule has 1 aromatic rings. The van der Waals surface area contributed by atoms with E-state index < -0.39 is 28.9 Å². The normalized spacial score (nSPS) is 13.7. The van der Waals surface area contributed by atoms with E-state index in [1.54, 1.807) is 13.8 Å². The molecule has 1 rings (SSSR count). The number of nitrogens with one attached hydrogen (secondary N) is 1. The summed E-state index contributed by atoms with van der Waals surface area (Å²) >= 11 is 17.4. The van der Waals surface area contributed by atoms with Crippen LogP contribution in [-0.4, -0.2) is 28.7 Å². The van der Waals surface area contributed by atoms with Crippen molar-refractivity contribution in [3.05, 3.63) is 35.6 Å². The van der Waals surface area contributed by atoms with E-state index in [0.29, 0.717) is 0 Å². The maximum Gasteiger partial charge on any atom is 0.357 e. The largest absolute Gasteiger partial charge is 0.357 e. The van der Waals surface area contributed by atoms with Gasteiger partial charge in [0, 0.05) is 0 Å². The lowest BCUT2D eigenvalue weighted by Gasteiger charge is -2.31. The van der Waals surface area contributed by atoms with E-state index in [4.69, 9.17) is 43.9 Å². The zero-order valence-electron chi connectivity index (χ0n) is 12.4. The number of benzene rings is 1. The number of halogens is 4. The third-order valence-electron chi connectivity index (χ3n) is 2.63. The average Bonchev–Trinajstić information content (AvgIpc) is 2.44. The summed E-state index contributed by atoms with van der Waals surface area (Å²) in [6.45, 7) is 3.15. The van der Waals surface area contributed by atoms with E-state index in [1.807, 2.05) is 0 Å². The van der Waals surface area contributed by atoms with Crippen LogP contribution >= 0.6 is 42.4 Å². The standard InChI is InChI=1S/C13H16Cl3FNO4P/c1-3-21-23(20,22-4-2)12(13(14,15)16)18-11(19)9-7-5-6-8-10(9)17/h5-8,12H,3-4H2,1-2H3,(H,18,19)/t12-/m1/s1. The van der Waals surface area contributed by atoms with Crippen molar-refractivity contribution in [2.45, 2.75) is 23.4 Å². The number of amides is 1. The molecule has 0 aliphatic carbocycles. The number of carbonyl (C=O) groups is 1. The molecule has 0 radical (unpaired) electrons. The van der Waals surface area contributed by atoms with Gasteiger partial charge < -0.3 is 14.4 Å². The Morgan fingerprint density at radius 1 is 1.26 bits per heavy atom. The summed E-state index contributed by atoms with van der Waals surface area (Å²) in [5, 5.41) is 2.24.